The van der Waals surface area contributed by atoms with Gasteiger partial charge in [-0.3, -0.25) is 9.59 Å². The van der Waals surface area contributed by atoms with Crippen LogP contribution in [0.15, 0.2) is 95.6 Å². The van der Waals surface area contributed by atoms with Crippen molar-refractivity contribution in [2.75, 3.05) is 17.3 Å². The van der Waals surface area contributed by atoms with E-state index in [-0.39, 0.29) is 29.8 Å². The van der Waals surface area contributed by atoms with Crippen molar-refractivity contribution in [3.05, 3.63) is 114 Å². The molecule has 0 fully saturated rings. The van der Waals surface area contributed by atoms with E-state index in [0.717, 1.165) is 16.9 Å². The van der Waals surface area contributed by atoms with Crippen LogP contribution in [0.25, 0.3) is 0 Å². The van der Waals surface area contributed by atoms with Gasteiger partial charge in [0.05, 0.1) is 26.3 Å². The molecule has 0 saturated carbocycles. The second-order valence-corrected chi connectivity index (χ2v) is 7.61. The molecule has 172 valence electrons. The first-order valence-corrected chi connectivity index (χ1v) is 10.6. The summed E-state index contributed by atoms with van der Waals surface area (Å²) in [5, 5.41) is 2.74. The molecular weight excluding hydrogens is 435 g/mol. The normalized spacial score (nSPS) is 10.5. The summed E-state index contributed by atoms with van der Waals surface area (Å²) >= 11 is 0. The van der Waals surface area contributed by atoms with Gasteiger partial charge in [0.1, 0.15) is 11.6 Å². The zero-order valence-electron chi connectivity index (χ0n) is 18.5. The minimum atomic E-state index is -0.364. The van der Waals surface area contributed by atoms with E-state index in [1.54, 1.807) is 48.4 Å². The van der Waals surface area contributed by atoms with Gasteiger partial charge in [0.15, 0.2) is 5.76 Å². The predicted molar refractivity (Wildman–Crippen MR) is 127 cm³/mol. The second kappa shape index (κ2) is 10.5. The summed E-state index contributed by atoms with van der Waals surface area (Å²) in [7, 11) is 1.60. The molecule has 34 heavy (non-hydrogen) atoms. The molecule has 7 heteroatoms. The summed E-state index contributed by atoms with van der Waals surface area (Å²) in [6.07, 6.45) is 1.60. The number of hydrogen-bond donors (Lipinski definition) is 1. The predicted octanol–water partition coefficient (Wildman–Crippen LogP) is 5.46. The van der Waals surface area contributed by atoms with Gasteiger partial charge >= 0.3 is 0 Å². The SMILES string of the molecule is COc1ccc(CN(C(=O)c2ccco2)c2ccc(CC(=O)Nc3ccc(F)cc3)cc2)cc1. The number of halogens is 1. The van der Waals surface area contributed by atoms with Crippen LogP contribution in [0.2, 0.25) is 0 Å². The van der Waals surface area contributed by atoms with Crippen molar-refractivity contribution < 1.29 is 23.1 Å². The number of methoxy groups -OCH3 is 1. The highest BCUT2D eigenvalue weighted by atomic mass is 19.1. The lowest BCUT2D eigenvalue weighted by Crippen LogP contribution is -2.30. The Labute approximate surface area is 196 Å². The van der Waals surface area contributed by atoms with E-state index < -0.39 is 0 Å². The molecule has 3 aromatic carbocycles. The van der Waals surface area contributed by atoms with Crippen LogP contribution >= 0.6 is 0 Å². The van der Waals surface area contributed by atoms with Crippen LogP contribution < -0.4 is 15.0 Å². The van der Waals surface area contributed by atoms with Crippen LogP contribution in [-0.4, -0.2) is 18.9 Å². The van der Waals surface area contributed by atoms with Gasteiger partial charge in [0, 0.05) is 11.4 Å². The zero-order valence-corrected chi connectivity index (χ0v) is 18.5. The minimum absolute atomic E-state index is 0.141. The smallest absolute Gasteiger partial charge is 0.294 e. The number of furan rings is 1. The summed E-state index contributed by atoms with van der Waals surface area (Å²) in [6.45, 7) is 0.327. The highest BCUT2D eigenvalue weighted by molar-refractivity contribution is 6.04. The molecule has 0 saturated heterocycles. The van der Waals surface area contributed by atoms with E-state index in [1.165, 1.54) is 30.5 Å². The Morgan fingerprint density at radius 1 is 0.912 bits per heavy atom. The maximum atomic E-state index is 13.1. The lowest BCUT2D eigenvalue weighted by molar-refractivity contribution is -0.115. The van der Waals surface area contributed by atoms with Crippen LogP contribution in [0.4, 0.5) is 15.8 Å². The number of carbonyl (C=O) groups excluding carboxylic acids is 2. The Kier molecular flexibility index (Phi) is 7.03. The summed E-state index contributed by atoms with van der Waals surface area (Å²) in [5.74, 6) is 0.104. The Hall–Kier alpha value is -4.39. The van der Waals surface area contributed by atoms with E-state index in [9.17, 15) is 14.0 Å². The lowest BCUT2D eigenvalue weighted by atomic mass is 10.1. The third-order valence-electron chi connectivity index (χ3n) is 5.22. The summed E-state index contributed by atoms with van der Waals surface area (Å²) in [6, 6.07) is 23.6. The van der Waals surface area contributed by atoms with Crippen LogP contribution in [0, 0.1) is 5.82 Å². The van der Waals surface area contributed by atoms with Crippen molar-refractivity contribution in [2.24, 2.45) is 0 Å². The zero-order chi connectivity index (χ0) is 23.9. The van der Waals surface area contributed by atoms with Crippen molar-refractivity contribution in [2.45, 2.75) is 13.0 Å². The van der Waals surface area contributed by atoms with Crippen molar-refractivity contribution >= 4 is 23.2 Å². The van der Waals surface area contributed by atoms with E-state index in [1.807, 2.05) is 24.3 Å². The van der Waals surface area contributed by atoms with E-state index in [4.69, 9.17) is 9.15 Å². The molecule has 0 aliphatic rings. The largest absolute Gasteiger partial charge is 0.497 e. The minimum Gasteiger partial charge on any atom is -0.497 e. The van der Waals surface area contributed by atoms with Gasteiger partial charge in [0.25, 0.3) is 5.91 Å². The van der Waals surface area contributed by atoms with Crippen LogP contribution in [0.1, 0.15) is 21.7 Å². The van der Waals surface area contributed by atoms with Crippen molar-refractivity contribution in [1.82, 2.24) is 0 Å². The first-order valence-electron chi connectivity index (χ1n) is 10.6. The van der Waals surface area contributed by atoms with Gasteiger partial charge in [-0.25, -0.2) is 4.39 Å². The molecule has 1 aromatic heterocycles. The molecule has 0 atom stereocenters. The monoisotopic (exact) mass is 458 g/mol. The fraction of sp³-hybridized carbons (Fsp3) is 0.111. The maximum Gasteiger partial charge on any atom is 0.294 e. The number of benzene rings is 3. The molecule has 0 radical (unpaired) electrons. The number of amides is 2. The van der Waals surface area contributed by atoms with Crippen molar-refractivity contribution in [3.63, 3.8) is 0 Å². The third kappa shape index (κ3) is 5.69. The topological polar surface area (TPSA) is 71.8 Å². The Morgan fingerprint density at radius 3 is 2.21 bits per heavy atom. The Balaban J connectivity index is 1.49. The summed E-state index contributed by atoms with van der Waals surface area (Å²) < 4.78 is 23.6. The maximum absolute atomic E-state index is 13.1. The van der Waals surface area contributed by atoms with E-state index >= 15 is 0 Å². The fourth-order valence-corrected chi connectivity index (χ4v) is 3.44. The number of nitrogens with zero attached hydrogens (tertiary/aromatic N) is 1. The fourth-order valence-electron chi connectivity index (χ4n) is 3.44. The molecular formula is C27H23FN2O4. The molecule has 1 heterocycles. The molecule has 0 bridgehead atoms. The lowest BCUT2D eigenvalue weighted by Gasteiger charge is -2.22. The molecule has 4 aromatic rings. The van der Waals surface area contributed by atoms with Crippen molar-refractivity contribution in [3.8, 4) is 5.75 Å². The van der Waals surface area contributed by atoms with Crippen LogP contribution in [0.5, 0.6) is 5.75 Å². The van der Waals surface area contributed by atoms with Crippen molar-refractivity contribution in [1.29, 1.82) is 0 Å². The van der Waals surface area contributed by atoms with Gasteiger partial charge in [-0.15, -0.1) is 0 Å². The molecule has 0 aliphatic heterocycles. The number of nitrogens with one attached hydrogen (secondary N) is 1. The average molecular weight is 458 g/mol. The molecule has 1 N–H and O–H groups in total. The first kappa shape index (κ1) is 22.8. The van der Waals surface area contributed by atoms with Crippen LogP contribution in [0.3, 0.4) is 0 Å². The molecule has 4 rings (SSSR count). The number of ether oxygens (including phenoxy) is 1. The van der Waals surface area contributed by atoms with E-state index in [2.05, 4.69) is 5.32 Å². The molecule has 2 amide bonds. The number of anilines is 2. The molecule has 0 spiro atoms. The number of hydrogen-bond acceptors (Lipinski definition) is 4. The van der Waals surface area contributed by atoms with Gasteiger partial charge in [-0.2, -0.15) is 0 Å². The number of rotatable bonds is 8. The molecule has 0 unspecified atom stereocenters. The number of carbonyl (C=O) groups is 2. The van der Waals surface area contributed by atoms with Gasteiger partial charge in [0.2, 0.25) is 5.91 Å². The highest BCUT2D eigenvalue weighted by Gasteiger charge is 2.21. The van der Waals surface area contributed by atoms with Gasteiger partial charge in [-0.05, 0) is 71.8 Å². The molecule has 0 aliphatic carbocycles. The average Bonchev–Trinajstić information content (AvgIpc) is 3.40. The highest BCUT2D eigenvalue weighted by Crippen LogP contribution is 2.23. The van der Waals surface area contributed by atoms with E-state index in [0.29, 0.717) is 17.9 Å². The van der Waals surface area contributed by atoms with Gasteiger partial charge < -0.3 is 19.4 Å². The summed E-state index contributed by atoms with van der Waals surface area (Å²) in [5.41, 5.74) is 2.89. The summed E-state index contributed by atoms with van der Waals surface area (Å²) in [4.78, 5) is 27.1. The quantitative estimate of drug-likeness (QED) is 0.381. The second-order valence-electron chi connectivity index (χ2n) is 7.61. The molecule has 6 nitrogen and oxygen atoms in total. The third-order valence-corrected chi connectivity index (χ3v) is 5.22. The Morgan fingerprint density at radius 2 is 1.59 bits per heavy atom. The first-order chi connectivity index (χ1) is 16.5. The van der Waals surface area contributed by atoms with Gasteiger partial charge in [-0.1, -0.05) is 24.3 Å². The van der Waals surface area contributed by atoms with Crippen LogP contribution in [-0.2, 0) is 17.8 Å². The standard InChI is InChI=1S/C27H23FN2O4/c1-33-24-14-6-20(7-15-24)18-30(27(32)25-3-2-16-34-25)23-12-4-19(5-13-23)17-26(31)29-22-10-8-21(28)9-11-22/h2-16H,17-18H2,1H3,(H,29,31). The Bertz CT molecular complexity index is 1240.